The minimum absolute atomic E-state index is 0.203. The van der Waals surface area contributed by atoms with Crippen LogP contribution in [0.3, 0.4) is 0 Å². The summed E-state index contributed by atoms with van der Waals surface area (Å²) in [7, 11) is 3.17. The van der Waals surface area contributed by atoms with Crippen LogP contribution >= 0.6 is 0 Å². The Bertz CT molecular complexity index is 948. The Balaban J connectivity index is 1.94. The number of rotatable bonds is 6. The Morgan fingerprint density at radius 2 is 1.85 bits per heavy atom. The van der Waals surface area contributed by atoms with E-state index in [4.69, 9.17) is 9.47 Å². The first kappa shape index (κ1) is 18.6. The minimum Gasteiger partial charge on any atom is -0.497 e. The fraction of sp³-hybridized carbons (Fsp3) is 0.250. The molecule has 1 aromatic heterocycles. The Morgan fingerprint density at radius 1 is 1.11 bits per heavy atom. The van der Waals surface area contributed by atoms with E-state index in [1.54, 1.807) is 18.9 Å². The number of aromatic nitrogens is 3. The van der Waals surface area contributed by atoms with Gasteiger partial charge < -0.3 is 14.8 Å². The van der Waals surface area contributed by atoms with Gasteiger partial charge in [0.1, 0.15) is 11.4 Å². The van der Waals surface area contributed by atoms with Crippen LogP contribution in [0.5, 0.6) is 5.75 Å². The lowest BCUT2D eigenvalue weighted by Gasteiger charge is -2.11. The largest absolute Gasteiger partial charge is 0.497 e. The molecule has 0 bridgehead atoms. The van der Waals surface area contributed by atoms with Gasteiger partial charge in [-0.25, -0.2) is 4.68 Å². The fourth-order valence-corrected chi connectivity index (χ4v) is 2.74. The van der Waals surface area contributed by atoms with Crippen LogP contribution in [0.4, 0.5) is 5.69 Å². The van der Waals surface area contributed by atoms with Gasteiger partial charge in [0.25, 0.3) is 5.91 Å². The van der Waals surface area contributed by atoms with Crippen LogP contribution in [0.25, 0.3) is 5.69 Å². The predicted octanol–water partition coefficient (Wildman–Crippen LogP) is 3.29. The van der Waals surface area contributed by atoms with Gasteiger partial charge in [-0.15, -0.1) is 5.10 Å². The normalized spacial score (nSPS) is 10.7. The van der Waals surface area contributed by atoms with E-state index in [1.807, 2.05) is 56.3 Å². The Labute approximate surface area is 157 Å². The van der Waals surface area contributed by atoms with Gasteiger partial charge in [0.2, 0.25) is 0 Å². The number of nitrogens with one attached hydrogen (secondary N) is 1. The zero-order valence-electron chi connectivity index (χ0n) is 15.8. The molecule has 7 nitrogen and oxygen atoms in total. The highest BCUT2D eigenvalue weighted by molar-refractivity contribution is 6.04. The molecule has 7 heteroatoms. The number of hydrogen-bond acceptors (Lipinski definition) is 5. The summed E-state index contributed by atoms with van der Waals surface area (Å²) in [4.78, 5) is 12.8. The van der Waals surface area contributed by atoms with Crippen molar-refractivity contribution in [1.29, 1.82) is 0 Å². The van der Waals surface area contributed by atoms with Gasteiger partial charge in [-0.3, -0.25) is 4.79 Å². The molecule has 3 aromatic rings. The Hall–Kier alpha value is -3.19. The highest BCUT2D eigenvalue weighted by atomic mass is 16.5. The topological polar surface area (TPSA) is 78.3 Å². The Morgan fingerprint density at radius 3 is 2.52 bits per heavy atom. The number of aryl methyl sites for hydroxylation is 1. The number of ether oxygens (including phenoxy) is 2. The lowest BCUT2D eigenvalue weighted by molar-refractivity contribution is 0.101. The van der Waals surface area contributed by atoms with Crippen LogP contribution < -0.4 is 10.1 Å². The molecular formula is C20H22N4O3. The summed E-state index contributed by atoms with van der Waals surface area (Å²) in [6.45, 7) is 4.17. The van der Waals surface area contributed by atoms with Gasteiger partial charge in [0, 0.05) is 12.8 Å². The third kappa shape index (κ3) is 3.83. The molecule has 2 aromatic carbocycles. The molecule has 140 valence electrons. The van der Waals surface area contributed by atoms with Gasteiger partial charge in [-0.1, -0.05) is 17.3 Å². The molecular weight excluding hydrogens is 344 g/mol. The zero-order valence-corrected chi connectivity index (χ0v) is 15.8. The predicted molar refractivity (Wildman–Crippen MR) is 102 cm³/mol. The van der Waals surface area contributed by atoms with Crippen LogP contribution in [-0.4, -0.2) is 35.1 Å². The molecule has 0 atom stereocenters. The van der Waals surface area contributed by atoms with E-state index in [0.717, 1.165) is 28.3 Å². The molecule has 1 heterocycles. The minimum atomic E-state index is -0.324. The van der Waals surface area contributed by atoms with Crippen molar-refractivity contribution in [3.8, 4) is 11.4 Å². The van der Waals surface area contributed by atoms with Crippen molar-refractivity contribution in [2.75, 3.05) is 19.5 Å². The zero-order chi connectivity index (χ0) is 19.4. The first-order chi connectivity index (χ1) is 13.0. The van der Waals surface area contributed by atoms with E-state index < -0.39 is 0 Å². The fourth-order valence-electron chi connectivity index (χ4n) is 2.74. The van der Waals surface area contributed by atoms with Crippen molar-refractivity contribution in [2.24, 2.45) is 0 Å². The molecule has 27 heavy (non-hydrogen) atoms. The van der Waals surface area contributed by atoms with Crippen molar-refractivity contribution in [3.63, 3.8) is 0 Å². The molecule has 3 rings (SSSR count). The maximum atomic E-state index is 12.8. The van der Waals surface area contributed by atoms with Gasteiger partial charge in [-0.05, 0) is 55.3 Å². The van der Waals surface area contributed by atoms with Crippen molar-refractivity contribution >= 4 is 11.6 Å². The molecule has 0 saturated carbocycles. The summed E-state index contributed by atoms with van der Waals surface area (Å²) >= 11 is 0. The molecule has 1 amide bonds. The molecule has 0 aliphatic heterocycles. The number of amides is 1. The number of hydrogen-bond donors (Lipinski definition) is 1. The van der Waals surface area contributed by atoms with Crippen molar-refractivity contribution < 1.29 is 14.3 Å². The smallest absolute Gasteiger partial charge is 0.278 e. The molecule has 0 saturated heterocycles. The molecule has 0 aliphatic rings. The number of nitrogens with zero attached hydrogens (tertiary/aromatic N) is 3. The van der Waals surface area contributed by atoms with Crippen LogP contribution in [0.2, 0.25) is 0 Å². The van der Waals surface area contributed by atoms with Crippen LogP contribution in [0.1, 0.15) is 27.3 Å². The quantitative estimate of drug-likeness (QED) is 0.724. The molecule has 0 spiro atoms. The second-order valence-corrected chi connectivity index (χ2v) is 6.13. The standard InChI is InChI=1S/C20H22N4O3/c1-13-6-5-7-17(14(13)2)21-20(25)19-18(12-26-3)24(23-22-19)15-8-10-16(27-4)11-9-15/h5-11H,12H2,1-4H3,(H,21,25). The van der Waals surface area contributed by atoms with Crippen LogP contribution in [-0.2, 0) is 11.3 Å². The van der Waals surface area contributed by atoms with Crippen molar-refractivity contribution in [1.82, 2.24) is 15.0 Å². The summed E-state index contributed by atoms with van der Waals surface area (Å²) in [6.07, 6.45) is 0. The summed E-state index contributed by atoms with van der Waals surface area (Å²) < 4.78 is 12.0. The van der Waals surface area contributed by atoms with Crippen LogP contribution in [0, 0.1) is 13.8 Å². The lowest BCUT2D eigenvalue weighted by Crippen LogP contribution is -2.16. The van der Waals surface area contributed by atoms with E-state index in [0.29, 0.717) is 5.69 Å². The summed E-state index contributed by atoms with van der Waals surface area (Å²) in [5, 5.41) is 11.2. The summed E-state index contributed by atoms with van der Waals surface area (Å²) in [5.41, 5.74) is 4.44. The second-order valence-electron chi connectivity index (χ2n) is 6.13. The van der Waals surface area contributed by atoms with E-state index in [2.05, 4.69) is 15.6 Å². The van der Waals surface area contributed by atoms with Gasteiger partial charge in [0.05, 0.1) is 19.4 Å². The monoisotopic (exact) mass is 366 g/mol. The third-order valence-corrected chi connectivity index (χ3v) is 4.43. The summed E-state index contributed by atoms with van der Waals surface area (Å²) in [6, 6.07) is 13.1. The number of carbonyl (C=O) groups is 1. The first-order valence-electron chi connectivity index (χ1n) is 8.50. The van der Waals surface area contributed by atoms with E-state index in [-0.39, 0.29) is 18.2 Å². The summed E-state index contributed by atoms with van der Waals surface area (Å²) in [5.74, 6) is 0.413. The number of carbonyl (C=O) groups excluding carboxylic acids is 1. The molecule has 0 aliphatic carbocycles. The van der Waals surface area contributed by atoms with E-state index >= 15 is 0 Å². The highest BCUT2D eigenvalue weighted by Crippen LogP contribution is 2.21. The molecule has 0 radical (unpaired) electrons. The Kier molecular flexibility index (Phi) is 5.52. The van der Waals surface area contributed by atoms with Gasteiger partial charge in [0.15, 0.2) is 5.69 Å². The SMILES string of the molecule is COCc1c(C(=O)Nc2cccc(C)c2C)nnn1-c1ccc(OC)cc1. The average Bonchev–Trinajstić information content (AvgIpc) is 3.09. The number of anilines is 1. The lowest BCUT2D eigenvalue weighted by atomic mass is 10.1. The molecule has 0 unspecified atom stereocenters. The van der Waals surface area contributed by atoms with E-state index in [1.165, 1.54) is 0 Å². The first-order valence-corrected chi connectivity index (χ1v) is 8.50. The highest BCUT2D eigenvalue weighted by Gasteiger charge is 2.21. The molecule has 1 N–H and O–H groups in total. The third-order valence-electron chi connectivity index (χ3n) is 4.43. The van der Waals surface area contributed by atoms with E-state index in [9.17, 15) is 4.79 Å². The maximum absolute atomic E-state index is 12.8. The molecule has 0 fully saturated rings. The average molecular weight is 366 g/mol. The maximum Gasteiger partial charge on any atom is 0.278 e. The van der Waals surface area contributed by atoms with Crippen LogP contribution in [0.15, 0.2) is 42.5 Å². The van der Waals surface area contributed by atoms with Crippen molar-refractivity contribution in [3.05, 3.63) is 65.0 Å². The van der Waals surface area contributed by atoms with Gasteiger partial charge in [-0.2, -0.15) is 0 Å². The van der Waals surface area contributed by atoms with Crippen molar-refractivity contribution in [2.45, 2.75) is 20.5 Å². The number of methoxy groups -OCH3 is 2. The van der Waals surface area contributed by atoms with Gasteiger partial charge >= 0.3 is 0 Å². The second kappa shape index (κ2) is 8.01. The number of benzene rings is 2.